The van der Waals surface area contributed by atoms with Gasteiger partial charge < -0.3 is 25.2 Å². The van der Waals surface area contributed by atoms with Gasteiger partial charge in [0.2, 0.25) is 0 Å². The maximum Gasteiger partial charge on any atom is 0.472 e. The van der Waals surface area contributed by atoms with Crippen molar-refractivity contribution in [3.63, 3.8) is 0 Å². The third-order valence-corrected chi connectivity index (χ3v) is 10.3. The van der Waals surface area contributed by atoms with Gasteiger partial charge in [-0.05, 0) is 51.4 Å². The zero-order chi connectivity index (χ0) is 42.1. The van der Waals surface area contributed by atoms with Gasteiger partial charge in [0.25, 0.3) is 0 Å². The number of carboxylic acids is 1. The first-order valence-corrected chi connectivity index (χ1v) is 23.7. The van der Waals surface area contributed by atoms with Crippen molar-refractivity contribution in [2.24, 2.45) is 5.73 Å². The molecule has 3 atom stereocenters. The van der Waals surface area contributed by atoms with E-state index in [1.54, 1.807) is 0 Å². The van der Waals surface area contributed by atoms with Gasteiger partial charge in [-0.3, -0.25) is 23.4 Å². The van der Waals surface area contributed by atoms with E-state index in [0.717, 1.165) is 57.8 Å². The van der Waals surface area contributed by atoms with E-state index in [2.05, 4.69) is 67.0 Å². The Morgan fingerprint density at radius 2 is 0.982 bits per heavy atom. The van der Waals surface area contributed by atoms with Gasteiger partial charge in [0.15, 0.2) is 6.10 Å². The zero-order valence-electron chi connectivity index (χ0n) is 35.7. The van der Waals surface area contributed by atoms with Crippen molar-refractivity contribution in [2.45, 2.75) is 199 Å². The normalized spacial score (nSPS) is 14.2. The second-order valence-corrected chi connectivity index (χ2v) is 16.3. The van der Waals surface area contributed by atoms with Crippen molar-refractivity contribution in [3.8, 4) is 0 Å². The van der Waals surface area contributed by atoms with E-state index in [0.29, 0.717) is 12.8 Å². The molecule has 0 aliphatic carbocycles. The second kappa shape index (κ2) is 40.2. The van der Waals surface area contributed by atoms with Crippen molar-refractivity contribution in [1.29, 1.82) is 0 Å². The predicted octanol–water partition coefficient (Wildman–Crippen LogP) is 11.8. The van der Waals surface area contributed by atoms with Crippen LogP contribution in [-0.2, 0) is 37.5 Å². The first-order valence-electron chi connectivity index (χ1n) is 22.2. The molecular weight excluding hydrogens is 745 g/mol. The number of phosphoric ester groups is 1. The number of carboxylic acid groups (broad SMARTS) is 1. The van der Waals surface area contributed by atoms with Crippen LogP contribution in [0.25, 0.3) is 0 Å². The predicted molar refractivity (Wildman–Crippen MR) is 231 cm³/mol. The summed E-state index contributed by atoms with van der Waals surface area (Å²) in [5, 5.41) is 8.89. The molecule has 330 valence electrons. The summed E-state index contributed by atoms with van der Waals surface area (Å²) < 4.78 is 32.7. The molecule has 0 rings (SSSR count). The van der Waals surface area contributed by atoms with Crippen LogP contribution in [0.1, 0.15) is 187 Å². The average Bonchev–Trinajstić information content (AvgIpc) is 3.19. The number of carbonyl (C=O) groups excluding carboxylic acids is 2. The SMILES string of the molecule is CC/C=C\C/C=C\C/C=C\C/C=C\CCCCC(=O)O[C@H](COC(=O)CCCCCCCCCCCCCCCCCCCC)COP(=O)(O)OC[C@H](N)C(=O)O. The van der Waals surface area contributed by atoms with Crippen LogP contribution in [0, 0.1) is 0 Å². The Balaban J connectivity index is 4.38. The lowest BCUT2D eigenvalue weighted by atomic mass is 10.0. The third-order valence-electron chi connectivity index (χ3n) is 9.34. The van der Waals surface area contributed by atoms with Crippen LogP contribution >= 0.6 is 7.82 Å². The van der Waals surface area contributed by atoms with Crippen LogP contribution in [0.4, 0.5) is 0 Å². The Bertz CT molecular complexity index is 1150. The Labute approximate surface area is 345 Å². The molecule has 0 aliphatic heterocycles. The van der Waals surface area contributed by atoms with Gasteiger partial charge in [-0.2, -0.15) is 0 Å². The Morgan fingerprint density at radius 3 is 1.47 bits per heavy atom. The number of aliphatic carboxylic acids is 1. The number of allylic oxidation sites excluding steroid dienone is 8. The van der Waals surface area contributed by atoms with Crippen molar-refractivity contribution in [2.75, 3.05) is 19.8 Å². The third kappa shape index (κ3) is 40.0. The van der Waals surface area contributed by atoms with Crippen molar-refractivity contribution < 1.29 is 47.5 Å². The molecule has 0 aliphatic rings. The number of hydrogen-bond donors (Lipinski definition) is 3. The summed E-state index contributed by atoms with van der Waals surface area (Å²) in [6, 6.07) is -1.53. The van der Waals surface area contributed by atoms with E-state index < -0.39 is 51.1 Å². The highest BCUT2D eigenvalue weighted by molar-refractivity contribution is 7.47. The largest absolute Gasteiger partial charge is 0.480 e. The molecule has 0 spiro atoms. The minimum Gasteiger partial charge on any atom is -0.480 e. The van der Waals surface area contributed by atoms with E-state index in [1.807, 2.05) is 0 Å². The molecule has 1 unspecified atom stereocenters. The second-order valence-electron chi connectivity index (χ2n) is 14.8. The summed E-state index contributed by atoms with van der Waals surface area (Å²) in [4.78, 5) is 45.9. The molecule has 11 nitrogen and oxygen atoms in total. The van der Waals surface area contributed by atoms with Gasteiger partial charge in [0.1, 0.15) is 12.6 Å². The molecule has 0 saturated heterocycles. The number of ether oxygens (including phenoxy) is 2. The average molecular weight is 826 g/mol. The summed E-state index contributed by atoms with van der Waals surface area (Å²) >= 11 is 0. The molecule has 12 heteroatoms. The Kier molecular flexibility index (Phi) is 38.4. The van der Waals surface area contributed by atoms with Gasteiger partial charge in [-0.1, -0.05) is 172 Å². The van der Waals surface area contributed by atoms with E-state index in [9.17, 15) is 23.8 Å². The zero-order valence-corrected chi connectivity index (χ0v) is 36.6. The molecule has 4 N–H and O–H groups in total. The van der Waals surface area contributed by atoms with Gasteiger partial charge in [-0.25, -0.2) is 4.57 Å². The monoisotopic (exact) mass is 826 g/mol. The fraction of sp³-hybridized carbons (Fsp3) is 0.756. The van der Waals surface area contributed by atoms with Gasteiger partial charge in [-0.15, -0.1) is 0 Å². The highest BCUT2D eigenvalue weighted by atomic mass is 31.2. The molecule has 0 saturated carbocycles. The summed E-state index contributed by atoms with van der Waals surface area (Å²) in [5.74, 6) is -2.43. The molecule has 0 bridgehead atoms. The quantitative estimate of drug-likeness (QED) is 0.0232. The topological polar surface area (TPSA) is 172 Å². The van der Waals surface area contributed by atoms with Gasteiger partial charge >= 0.3 is 25.7 Å². The fourth-order valence-electron chi connectivity index (χ4n) is 5.88. The van der Waals surface area contributed by atoms with Gasteiger partial charge in [0.05, 0.1) is 13.2 Å². The van der Waals surface area contributed by atoms with E-state index in [-0.39, 0.29) is 19.4 Å². The first-order chi connectivity index (χ1) is 27.6. The van der Waals surface area contributed by atoms with Crippen molar-refractivity contribution >= 4 is 25.7 Å². The van der Waals surface area contributed by atoms with Crippen LogP contribution in [-0.4, -0.2) is 59.9 Å². The lowest BCUT2D eigenvalue weighted by Crippen LogP contribution is -2.34. The molecule has 0 amide bonds. The summed E-state index contributed by atoms with van der Waals surface area (Å²) in [6.07, 6.45) is 44.7. The van der Waals surface area contributed by atoms with Crippen LogP contribution in [0.3, 0.4) is 0 Å². The molecule has 0 heterocycles. The molecule has 0 fully saturated rings. The summed E-state index contributed by atoms with van der Waals surface area (Å²) in [5.41, 5.74) is 5.33. The number of phosphoric acid groups is 1. The number of rotatable bonds is 41. The molecule has 0 aromatic rings. The molecule has 0 radical (unpaired) electrons. The number of carbonyl (C=O) groups is 3. The van der Waals surface area contributed by atoms with Gasteiger partial charge in [0, 0.05) is 12.8 Å². The maximum atomic E-state index is 12.6. The summed E-state index contributed by atoms with van der Waals surface area (Å²) in [6.45, 7) is 2.66. The van der Waals surface area contributed by atoms with Crippen LogP contribution in [0.15, 0.2) is 48.6 Å². The van der Waals surface area contributed by atoms with Crippen LogP contribution in [0.5, 0.6) is 0 Å². The van der Waals surface area contributed by atoms with E-state index in [4.69, 9.17) is 24.8 Å². The molecule has 0 aromatic heterocycles. The maximum absolute atomic E-state index is 12.6. The lowest BCUT2D eigenvalue weighted by molar-refractivity contribution is -0.161. The number of esters is 2. The molecular formula is C45H80NO10P. The smallest absolute Gasteiger partial charge is 0.472 e. The van der Waals surface area contributed by atoms with E-state index in [1.165, 1.54) is 89.9 Å². The Morgan fingerprint density at radius 1 is 0.561 bits per heavy atom. The fourth-order valence-corrected chi connectivity index (χ4v) is 6.66. The van der Waals surface area contributed by atoms with Crippen LogP contribution in [0.2, 0.25) is 0 Å². The summed E-state index contributed by atoms with van der Waals surface area (Å²) in [7, 11) is -4.73. The first kappa shape index (κ1) is 54.4. The van der Waals surface area contributed by atoms with Crippen molar-refractivity contribution in [1.82, 2.24) is 0 Å². The highest BCUT2D eigenvalue weighted by Gasteiger charge is 2.28. The van der Waals surface area contributed by atoms with Crippen LogP contribution < -0.4 is 5.73 Å². The standard InChI is InChI=1S/C45H80NO10P/c1-3-5-7-9-11-13-15-17-19-20-21-23-24-26-28-30-32-34-36-43(47)53-38-41(39-54-57(51,52)55-40-42(46)45(49)50)56-44(48)37-35-33-31-29-27-25-22-18-16-14-12-10-8-6-4-2/h6,8,12,14,18,22,27,29,41-42H,3-5,7,9-11,13,15-17,19-21,23-26,28,30-40,46H2,1-2H3,(H,49,50)(H,51,52)/b8-6-,14-12-,22-18-,29-27-/t41-,42+/m1/s1. The minimum atomic E-state index is -4.73. The number of unbranched alkanes of at least 4 members (excludes halogenated alkanes) is 19. The lowest BCUT2D eigenvalue weighted by Gasteiger charge is -2.20. The van der Waals surface area contributed by atoms with E-state index >= 15 is 0 Å². The number of hydrogen-bond acceptors (Lipinski definition) is 9. The Hall–Kier alpha value is -2.56. The number of nitrogens with two attached hydrogens (primary N) is 1. The highest BCUT2D eigenvalue weighted by Crippen LogP contribution is 2.43. The van der Waals surface area contributed by atoms with Crippen molar-refractivity contribution in [3.05, 3.63) is 48.6 Å². The molecule has 57 heavy (non-hydrogen) atoms. The minimum absolute atomic E-state index is 0.109. The molecule has 0 aromatic carbocycles.